The zero-order valence-corrected chi connectivity index (χ0v) is 20.5. The number of rotatable bonds is 8. The summed E-state index contributed by atoms with van der Waals surface area (Å²) in [5.74, 6) is -1.95. The maximum Gasteiger partial charge on any atom is 0.337 e. The van der Waals surface area contributed by atoms with Gasteiger partial charge in [0.05, 0.1) is 22.5 Å². The number of ether oxygens (including phenoxy) is 1. The van der Waals surface area contributed by atoms with E-state index in [9.17, 15) is 29.3 Å². The van der Waals surface area contributed by atoms with Crippen molar-refractivity contribution in [2.75, 3.05) is 13.7 Å². The summed E-state index contributed by atoms with van der Waals surface area (Å²) in [5.41, 5.74) is 5.32. The van der Waals surface area contributed by atoms with Crippen LogP contribution in [0.3, 0.4) is 0 Å². The van der Waals surface area contributed by atoms with Gasteiger partial charge in [-0.25, -0.2) is 4.79 Å². The topological polar surface area (TPSA) is 148 Å². The molecule has 0 bridgehead atoms. The van der Waals surface area contributed by atoms with Crippen LogP contribution in [0.2, 0.25) is 0 Å². The molecular formula is C23H20N4O7S2. The first-order valence-corrected chi connectivity index (χ1v) is 11.7. The Morgan fingerprint density at radius 3 is 2.53 bits per heavy atom. The van der Waals surface area contributed by atoms with Crippen LogP contribution < -0.4 is 10.9 Å². The van der Waals surface area contributed by atoms with Crippen LogP contribution in [0.5, 0.6) is 0 Å². The van der Waals surface area contributed by atoms with Crippen LogP contribution in [0.15, 0.2) is 53.4 Å². The first kappa shape index (κ1) is 26.5. The Bertz CT molecular complexity index is 1260. The minimum absolute atomic E-state index is 0.000313. The highest BCUT2D eigenvalue weighted by Gasteiger charge is 2.31. The lowest BCUT2D eigenvalue weighted by Gasteiger charge is -2.14. The second kappa shape index (κ2) is 12.0. The number of amides is 3. The number of benzene rings is 2. The third-order valence-electron chi connectivity index (χ3n) is 4.92. The van der Waals surface area contributed by atoms with Crippen molar-refractivity contribution in [2.24, 2.45) is 0 Å². The van der Waals surface area contributed by atoms with E-state index in [1.807, 2.05) is 0 Å². The minimum Gasteiger partial charge on any atom is -0.465 e. The van der Waals surface area contributed by atoms with Crippen molar-refractivity contribution in [3.8, 4) is 0 Å². The molecule has 0 radical (unpaired) electrons. The molecule has 36 heavy (non-hydrogen) atoms. The van der Waals surface area contributed by atoms with E-state index in [-0.39, 0.29) is 36.5 Å². The number of nitro benzene ring substituents is 1. The molecule has 0 atom stereocenters. The fourth-order valence-electron chi connectivity index (χ4n) is 3.10. The van der Waals surface area contributed by atoms with Crippen LogP contribution in [-0.4, -0.2) is 51.5 Å². The first-order valence-electron chi connectivity index (χ1n) is 10.5. The highest BCUT2D eigenvalue weighted by Crippen LogP contribution is 2.32. The summed E-state index contributed by atoms with van der Waals surface area (Å²) in [7, 11) is 1.29. The van der Waals surface area contributed by atoms with Gasteiger partial charge >= 0.3 is 5.97 Å². The molecule has 1 aliphatic heterocycles. The molecule has 11 nitrogen and oxygen atoms in total. The van der Waals surface area contributed by atoms with Crippen molar-refractivity contribution in [2.45, 2.75) is 12.8 Å². The molecule has 2 N–H and O–H groups in total. The molecule has 0 spiro atoms. The summed E-state index contributed by atoms with van der Waals surface area (Å²) < 4.78 is 5.02. The molecular weight excluding hydrogens is 508 g/mol. The van der Waals surface area contributed by atoms with E-state index < -0.39 is 22.7 Å². The van der Waals surface area contributed by atoms with E-state index in [0.717, 1.165) is 17.8 Å². The average molecular weight is 529 g/mol. The maximum atomic E-state index is 12.7. The molecule has 0 unspecified atom stereocenters. The summed E-state index contributed by atoms with van der Waals surface area (Å²) in [4.78, 5) is 60.4. The van der Waals surface area contributed by atoms with E-state index >= 15 is 0 Å². The third-order valence-corrected chi connectivity index (χ3v) is 6.30. The number of hydrogen-bond donors (Lipinski definition) is 2. The Kier molecular flexibility index (Phi) is 8.86. The van der Waals surface area contributed by atoms with E-state index in [2.05, 4.69) is 15.6 Å². The molecule has 0 saturated carbocycles. The van der Waals surface area contributed by atoms with Crippen LogP contribution in [0.1, 0.15) is 39.1 Å². The van der Waals surface area contributed by atoms with E-state index in [1.54, 1.807) is 30.3 Å². The molecule has 3 amide bonds. The Labute approximate surface area is 215 Å². The van der Waals surface area contributed by atoms with Gasteiger partial charge in [-0.1, -0.05) is 42.2 Å². The van der Waals surface area contributed by atoms with E-state index in [0.29, 0.717) is 20.4 Å². The Morgan fingerprint density at radius 1 is 1.14 bits per heavy atom. The molecule has 1 fully saturated rings. The lowest BCUT2D eigenvalue weighted by Crippen LogP contribution is -2.41. The molecule has 1 saturated heterocycles. The predicted molar refractivity (Wildman–Crippen MR) is 136 cm³/mol. The summed E-state index contributed by atoms with van der Waals surface area (Å²) in [5, 5.41) is 10.8. The van der Waals surface area contributed by atoms with E-state index in [4.69, 9.17) is 12.2 Å². The number of carbonyl (C=O) groups is 4. The number of hydrazine groups is 1. The highest BCUT2D eigenvalue weighted by atomic mass is 32.2. The van der Waals surface area contributed by atoms with Crippen molar-refractivity contribution >= 4 is 63.8 Å². The zero-order valence-electron chi connectivity index (χ0n) is 18.9. The number of nitro groups is 1. The summed E-state index contributed by atoms with van der Waals surface area (Å²) >= 11 is 6.43. The normalized spacial score (nSPS) is 14.0. The smallest absolute Gasteiger partial charge is 0.337 e. The van der Waals surface area contributed by atoms with E-state index in [1.165, 1.54) is 30.2 Å². The van der Waals surface area contributed by atoms with Crippen molar-refractivity contribution in [3.63, 3.8) is 0 Å². The number of esters is 1. The number of carbonyl (C=O) groups excluding carboxylic acids is 4. The maximum absolute atomic E-state index is 12.7. The number of hydrogen-bond acceptors (Lipinski definition) is 9. The fraction of sp³-hybridized carbons (Fsp3) is 0.174. The number of thiocarbonyl (C=S) groups is 1. The Morgan fingerprint density at radius 2 is 1.86 bits per heavy atom. The van der Waals surface area contributed by atoms with Gasteiger partial charge in [-0.05, 0) is 36.3 Å². The van der Waals surface area contributed by atoms with Gasteiger partial charge in [0.15, 0.2) is 0 Å². The largest absolute Gasteiger partial charge is 0.465 e. The number of non-ortho nitro benzene ring substituents is 1. The van der Waals surface area contributed by atoms with Gasteiger partial charge in [0.1, 0.15) is 4.32 Å². The molecule has 13 heteroatoms. The van der Waals surface area contributed by atoms with Crippen molar-refractivity contribution in [3.05, 3.63) is 80.2 Å². The molecule has 186 valence electrons. The fourth-order valence-corrected chi connectivity index (χ4v) is 4.41. The van der Waals surface area contributed by atoms with Crippen LogP contribution >= 0.6 is 24.0 Å². The SMILES string of the molecule is COC(=O)c1ccc(/C=C2\SC(=S)N(CCCC(=O)NNC(=O)c3cccc([N+](=O)[O-])c3)C2=O)cc1. The van der Waals surface area contributed by atoms with Gasteiger partial charge in [0.25, 0.3) is 17.5 Å². The Balaban J connectivity index is 1.48. The van der Waals surface area contributed by atoms with Gasteiger partial charge < -0.3 is 4.74 Å². The first-order chi connectivity index (χ1) is 17.2. The molecule has 3 rings (SSSR count). The quantitative estimate of drug-likeness (QED) is 0.173. The lowest BCUT2D eigenvalue weighted by molar-refractivity contribution is -0.384. The van der Waals surface area contributed by atoms with Crippen molar-refractivity contribution in [1.82, 2.24) is 15.8 Å². The summed E-state index contributed by atoms with van der Waals surface area (Å²) in [6.45, 7) is 0.204. The van der Waals surface area contributed by atoms with Crippen molar-refractivity contribution < 1.29 is 28.8 Å². The molecule has 1 aliphatic rings. The third kappa shape index (κ3) is 6.73. The molecule has 1 heterocycles. The van der Waals surface area contributed by atoms with Gasteiger partial charge in [-0.3, -0.25) is 40.2 Å². The molecule has 0 aromatic heterocycles. The summed E-state index contributed by atoms with van der Waals surface area (Å²) in [6.07, 6.45) is 1.95. The van der Waals surface area contributed by atoms with Crippen LogP contribution in [-0.2, 0) is 14.3 Å². The molecule has 2 aromatic carbocycles. The monoisotopic (exact) mass is 528 g/mol. The van der Waals surface area contributed by atoms with Crippen LogP contribution in [0.4, 0.5) is 5.69 Å². The second-order valence-corrected chi connectivity index (χ2v) is 9.04. The molecule has 0 aliphatic carbocycles. The van der Waals surface area contributed by atoms with Crippen LogP contribution in [0.25, 0.3) is 6.08 Å². The standard InChI is InChI=1S/C23H20N4O7S2/c1-34-22(31)15-9-7-14(8-10-15)12-18-21(30)26(23(35)36-18)11-3-6-19(28)24-25-20(29)16-4-2-5-17(13-16)27(32)33/h2,4-5,7-10,12-13H,3,6,11H2,1H3,(H,24,28)(H,25,29)/b18-12-. The average Bonchev–Trinajstić information content (AvgIpc) is 3.14. The Hall–Kier alpha value is -4.10. The second-order valence-electron chi connectivity index (χ2n) is 7.36. The van der Waals surface area contributed by atoms with Gasteiger partial charge in [-0.2, -0.15) is 0 Å². The highest BCUT2D eigenvalue weighted by molar-refractivity contribution is 8.26. The number of nitrogens with one attached hydrogen (secondary N) is 2. The number of methoxy groups -OCH3 is 1. The zero-order chi connectivity index (χ0) is 26.2. The number of thioether (sulfide) groups is 1. The van der Waals surface area contributed by atoms with Gasteiger partial charge in [-0.15, -0.1) is 0 Å². The van der Waals surface area contributed by atoms with Crippen molar-refractivity contribution in [1.29, 1.82) is 0 Å². The van der Waals surface area contributed by atoms with Crippen LogP contribution in [0, 0.1) is 10.1 Å². The summed E-state index contributed by atoms with van der Waals surface area (Å²) in [6, 6.07) is 11.6. The predicted octanol–water partition coefficient (Wildman–Crippen LogP) is 2.82. The number of nitrogens with zero attached hydrogens (tertiary/aromatic N) is 2. The lowest BCUT2D eigenvalue weighted by atomic mass is 10.1. The van der Waals surface area contributed by atoms with Gasteiger partial charge in [0, 0.05) is 30.7 Å². The molecule has 2 aromatic rings. The van der Waals surface area contributed by atoms with Gasteiger partial charge in [0.2, 0.25) is 5.91 Å². The minimum atomic E-state index is -0.700.